The maximum atomic E-state index is 12.0. The lowest BCUT2D eigenvalue weighted by molar-refractivity contribution is -0.118. The quantitative estimate of drug-likeness (QED) is 0.751. The van der Waals surface area contributed by atoms with E-state index in [1.165, 1.54) is 6.07 Å². The summed E-state index contributed by atoms with van der Waals surface area (Å²) in [7, 11) is -1.53. The van der Waals surface area contributed by atoms with Gasteiger partial charge >= 0.3 is 5.97 Å². The van der Waals surface area contributed by atoms with Gasteiger partial charge in [0.25, 0.3) is 0 Å². The Morgan fingerprint density at radius 1 is 1.35 bits per heavy atom. The van der Waals surface area contributed by atoms with Gasteiger partial charge in [-0.05, 0) is 31.0 Å². The highest BCUT2D eigenvalue weighted by molar-refractivity contribution is 7.85. The molecule has 0 aromatic heterocycles. The number of hydrogen-bond acceptors (Lipinski definition) is 3. The van der Waals surface area contributed by atoms with E-state index in [2.05, 4.69) is 5.32 Å². The van der Waals surface area contributed by atoms with E-state index in [1.807, 2.05) is 6.92 Å². The van der Waals surface area contributed by atoms with Gasteiger partial charge in [-0.1, -0.05) is 19.4 Å². The monoisotopic (exact) mass is 297 g/mol. The molecule has 5 nitrogen and oxygen atoms in total. The molecule has 0 aliphatic heterocycles. The molecule has 0 aliphatic carbocycles. The molecule has 1 aromatic rings. The molecule has 1 atom stereocenters. The molecule has 0 spiro atoms. The molecular weight excluding hydrogens is 278 g/mol. The molecule has 110 valence electrons. The van der Waals surface area contributed by atoms with Gasteiger partial charge < -0.3 is 10.4 Å². The molecule has 1 aromatic carbocycles. The SMILES string of the molecule is CCCCNC(=O)CS(=O)c1ccc(C)c(C(=O)O)c1. The molecular formula is C14H19NO4S. The first-order valence-electron chi connectivity index (χ1n) is 6.44. The standard InChI is InChI=1S/C14H19NO4S/c1-3-4-7-15-13(16)9-20(19)11-6-5-10(2)12(8-11)14(17)18/h5-6,8H,3-4,7,9H2,1-2H3,(H,15,16)(H,17,18). The van der Waals surface area contributed by atoms with Crippen molar-refractivity contribution in [2.45, 2.75) is 31.6 Å². The molecule has 0 fully saturated rings. The fraction of sp³-hybridized carbons (Fsp3) is 0.429. The number of unbranched alkanes of at least 4 members (excludes halogenated alkanes) is 1. The minimum absolute atomic E-state index is 0.113. The van der Waals surface area contributed by atoms with Crippen LogP contribution in [0.4, 0.5) is 0 Å². The second-order valence-corrected chi connectivity index (χ2v) is 5.93. The van der Waals surface area contributed by atoms with Crippen LogP contribution in [0.3, 0.4) is 0 Å². The van der Waals surface area contributed by atoms with Crippen molar-refractivity contribution < 1.29 is 18.9 Å². The Morgan fingerprint density at radius 3 is 2.65 bits per heavy atom. The Bertz CT molecular complexity index is 528. The number of carboxylic acids is 1. The highest BCUT2D eigenvalue weighted by Crippen LogP contribution is 2.14. The van der Waals surface area contributed by atoms with Crippen LogP contribution < -0.4 is 5.32 Å². The van der Waals surface area contributed by atoms with Gasteiger partial charge in [-0.15, -0.1) is 0 Å². The molecule has 0 aliphatic rings. The Labute approximate surface area is 120 Å². The summed E-state index contributed by atoms with van der Waals surface area (Å²) in [6.07, 6.45) is 1.86. The third-order valence-corrected chi connectivity index (χ3v) is 4.12. The van der Waals surface area contributed by atoms with Gasteiger partial charge in [-0.3, -0.25) is 9.00 Å². The second-order valence-electron chi connectivity index (χ2n) is 4.48. The van der Waals surface area contributed by atoms with E-state index in [1.54, 1.807) is 19.1 Å². The summed E-state index contributed by atoms with van der Waals surface area (Å²) in [5, 5.41) is 11.7. The smallest absolute Gasteiger partial charge is 0.335 e. The van der Waals surface area contributed by atoms with Crippen LogP contribution in [0.2, 0.25) is 0 Å². The highest BCUT2D eigenvalue weighted by Gasteiger charge is 2.14. The summed E-state index contributed by atoms with van der Waals surface area (Å²) in [6.45, 7) is 4.26. The van der Waals surface area contributed by atoms with E-state index >= 15 is 0 Å². The third kappa shape index (κ3) is 4.77. The number of aryl methyl sites for hydroxylation is 1. The van der Waals surface area contributed by atoms with Crippen LogP contribution in [0.25, 0.3) is 0 Å². The number of benzene rings is 1. The van der Waals surface area contributed by atoms with Crippen LogP contribution in [0.5, 0.6) is 0 Å². The fourth-order valence-corrected chi connectivity index (χ4v) is 2.61. The van der Waals surface area contributed by atoms with E-state index in [4.69, 9.17) is 5.11 Å². The molecule has 6 heteroatoms. The number of carboxylic acid groups (broad SMARTS) is 1. The van der Waals surface area contributed by atoms with Crippen molar-refractivity contribution in [2.75, 3.05) is 12.3 Å². The maximum Gasteiger partial charge on any atom is 0.335 e. The van der Waals surface area contributed by atoms with Crippen molar-refractivity contribution in [1.29, 1.82) is 0 Å². The normalized spacial score (nSPS) is 11.9. The van der Waals surface area contributed by atoms with Gasteiger partial charge in [-0.25, -0.2) is 4.79 Å². The molecule has 1 unspecified atom stereocenters. The summed E-state index contributed by atoms with van der Waals surface area (Å²) in [4.78, 5) is 22.9. The van der Waals surface area contributed by atoms with Crippen molar-refractivity contribution in [3.05, 3.63) is 29.3 Å². The lowest BCUT2D eigenvalue weighted by atomic mass is 10.1. The first-order chi connectivity index (χ1) is 9.45. The third-order valence-electron chi connectivity index (χ3n) is 2.82. The van der Waals surface area contributed by atoms with Gasteiger partial charge in [0, 0.05) is 11.4 Å². The number of aromatic carboxylic acids is 1. The lowest BCUT2D eigenvalue weighted by Gasteiger charge is -2.07. The molecule has 1 amide bonds. The van der Waals surface area contributed by atoms with Crippen molar-refractivity contribution in [2.24, 2.45) is 0 Å². The van der Waals surface area contributed by atoms with Crippen LogP contribution in [0, 0.1) is 6.92 Å². The molecule has 2 N–H and O–H groups in total. The Balaban J connectivity index is 2.70. The predicted molar refractivity (Wildman–Crippen MR) is 77.3 cm³/mol. The van der Waals surface area contributed by atoms with Crippen molar-refractivity contribution >= 4 is 22.7 Å². The molecule has 1 rings (SSSR count). The molecule has 0 saturated heterocycles. The zero-order valence-electron chi connectivity index (χ0n) is 11.6. The minimum atomic E-state index is -1.53. The Hall–Kier alpha value is -1.69. The van der Waals surface area contributed by atoms with Gasteiger partial charge in [0.1, 0.15) is 5.75 Å². The van der Waals surface area contributed by atoms with Gasteiger partial charge in [0.05, 0.1) is 16.4 Å². The topological polar surface area (TPSA) is 83.5 Å². The first kappa shape index (κ1) is 16.4. The van der Waals surface area contributed by atoms with Crippen molar-refractivity contribution in [3.63, 3.8) is 0 Å². The van der Waals surface area contributed by atoms with Gasteiger partial charge in [0.15, 0.2) is 0 Å². The molecule has 20 heavy (non-hydrogen) atoms. The predicted octanol–water partition coefficient (Wildman–Crippen LogP) is 1.72. The van der Waals surface area contributed by atoms with Crippen LogP contribution in [-0.4, -0.2) is 33.5 Å². The van der Waals surface area contributed by atoms with Gasteiger partial charge in [0.2, 0.25) is 5.91 Å². The van der Waals surface area contributed by atoms with E-state index in [0.717, 1.165) is 12.8 Å². The number of carbonyl (C=O) groups is 2. The zero-order valence-corrected chi connectivity index (χ0v) is 12.5. The number of hydrogen-bond donors (Lipinski definition) is 2. The van der Waals surface area contributed by atoms with Crippen molar-refractivity contribution in [3.8, 4) is 0 Å². The largest absolute Gasteiger partial charge is 0.478 e. The Morgan fingerprint density at radius 2 is 2.05 bits per heavy atom. The fourth-order valence-electron chi connectivity index (χ4n) is 1.63. The summed E-state index contributed by atoms with van der Waals surface area (Å²) < 4.78 is 12.0. The van der Waals surface area contributed by atoms with E-state index in [9.17, 15) is 13.8 Å². The second kappa shape index (κ2) is 7.79. The molecule has 0 bridgehead atoms. The number of carbonyl (C=O) groups excluding carboxylic acids is 1. The van der Waals surface area contributed by atoms with Gasteiger partial charge in [-0.2, -0.15) is 0 Å². The maximum absolute atomic E-state index is 12.0. The summed E-state index contributed by atoms with van der Waals surface area (Å²) >= 11 is 0. The van der Waals surface area contributed by atoms with E-state index in [0.29, 0.717) is 17.0 Å². The zero-order chi connectivity index (χ0) is 15.1. The van der Waals surface area contributed by atoms with E-state index in [-0.39, 0.29) is 17.2 Å². The van der Waals surface area contributed by atoms with E-state index < -0.39 is 16.8 Å². The summed E-state index contributed by atoms with van der Waals surface area (Å²) in [5.74, 6) is -1.49. The first-order valence-corrected chi connectivity index (χ1v) is 7.76. The number of amides is 1. The summed E-state index contributed by atoms with van der Waals surface area (Å²) in [5.41, 5.74) is 0.716. The molecule has 0 heterocycles. The molecule has 0 saturated carbocycles. The number of nitrogens with one attached hydrogen (secondary N) is 1. The average Bonchev–Trinajstić information content (AvgIpc) is 2.39. The van der Waals surface area contributed by atoms with Crippen molar-refractivity contribution in [1.82, 2.24) is 5.32 Å². The Kier molecular flexibility index (Phi) is 6.38. The van der Waals surface area contributed by atoms with Crippen LogP contribution >= 0.6 is 0 Å². The summed E-state index contributed by atoms with van der Waals surface area (Å²) in [6, 6.07) is 4.57. The lowest BCUT2D eigenvalue weighted by Crippen LogP contribution is -2.29. The molecule has 0 radical (unpaired) electrons. The average molecular weight is 297 g/mol. The van der Waals surface area contributed by atoms with Crippen LogP contribution in [0.1, 0.15) is 35.7 Å². The van der Waals surface area contributed by atoms with Crippen LogP contribution in [-0.2, 0) is 15.6 Å². The minimum Gasteiger partial charge on any atom is -0.478 e. The van der Waals surface area contributed by atoms with Crippen LogP contribution in [0.15, 0.2) is 23.1 Å². The highest BCUT2D eigenvalue weighted by atomic mass is 32.2. The number of rotatable bonds is 7.